The van der Waals surface area contributed by atoms with Gasteiger partial charge in [0.05, 0.1) is 14.2 Å². The van der Waals surface area contributed by atoms with Crippen molar-refractivity contribution in [1.29, 1.82) is 0 Å². The molecule has 0 radical (unpaired) electrons. The van der Waals surface area contributed by atoms with E-state index in [-0.39, 0.29) is 23.0 Å². The maximum absolute atomic E-state index is 12.4. The van der Waals surface area contributed by atoms with E-state index in [9.17, 15) is 9.90 Å². The van der Waals surface area contributed by atoms with Crippen molar-refractivity contribution in [3.63, 3.8) is 0 Å². The van der Waals surface area contributed by atoms with Crippen molar-refractivity contribution in [3.05, 3.63) is 47.5 Å². The third-order valence-electron chi connectivity index (χ3n) is 3.76. The lowest BCUT2D eigenvalue weighted by Gasteiger charge is -2.18. The Labute approximate surface area is 145 Å². The second kappa shape index (κ2) is 7.17. The first-order valence-electron chi connectivity index (χ1n) is 7.69. The Kier molecular flexibility index (Phi) is 4.79. The Hall–Kier alpha value is -3.15. The number of rotatable bonds is 5. The molecule has 6 heteroatoms. The van der Waals surface area contributed by atoms with Crippen LogP contribution < -0.4 is 18.9 Å². The van der Waals surface area contributed by atoms with Crippen LogP contribution in [0.5, 0.6) is 28.7 Å². The van der Waals surface area contributed by atoms with Gasteiger partial charge < -0.3 is 24.1 Å². The topological polar surface area (TPSA) is 74.2 Å². The first-order chi connectivity index (χ1) is 12.1. The van der Waals surface area contributed by atoms with E-state index < -0.39 is 0 Å². The normalized spacial score (nSPS) is 12.9. The smallest absolute Gasteiger partial charge is 0.200 e. The number of allylic oxidation sites excluding steroid dienone is 1. The van der Waals surface area contributed by atoms with Crippen LogP contribution in [0.2, 0.25) is 0 Å². The lowest BCUT2D eigenvalue weighted by molar-refractivity contribution is 0.104. The van der Waals surface area contributed by atoms with Gasteiger partial charge in [-0.15, -0.1) is 0 Å². The summed E-state index contributed by atoms with van der Waals surface area (Å²) in [6, 6.07) is 8.32. The van der Waals surface area contributed by atoms with Gasteiger partial charge in [0, 0.05) is 5.56 Å². The highest BCUT2D eigenvalue weighted by Gasteiger charge is 2.14. The fourth-order valence-electron chi connectivity index (χ4n) is 2.47. The Bertz CT molecular complexity index is 800. The first kappa shape index (κ1) is 16.7. The van der Waals surface area contributed by atoms with Gasteiger partial charge in [0.25, 0.3) is 0 Å². The predicted molar refractivity (Wildman–Crippen MR) is 92.0 cm³/mol. The largest absolute Gasteiger partial charge is 0.502 e. The van der Waals surface area contributed by atoms with Gasteiger partial charge >= 0.3 is 0 Å². The molecular weight excluding hydrogens is 324 g/mol. The maximum atomic E-state index is 12.4. The van der Waals surface area contributed by atoms with Gasteiger partial charge in [-0.1, -0.05) is 6.08 Å². The molecule has 0 atom stereocenters. The number of carbonyl (C=O) groups excluding carboxylic acids is 1. The fourth-order valence-corrected chi connectivity index (χ4v) is 2.47. The summed E-state index contributed by atoms with van der Waals surface area (Å²) < 4.78 is 21.1. The van der Waals surface area contributed by atoms with Crippen molar-refractivity contribution in [2.75, 3.05) is 27.4 Å². The second-order valence-electron chi connectivity index (χ2n) is 5.33. The van der Waals surface area contributed by atoms with Gasteiger partial charge in [0.2, 0.25) is 5.75 Å². The molecule has 0 unspecified atom stereocenters. The molecule has 1 heterocycles. The van der Waals surface area contributed by atoms with E-state index in [2.05, 4.69) is 0 Å². The molecule has 0 amide bonds. The average molecular weight is 342 g/mol. The lowest BCUT2D eigenvalue weighted by atomic mass is 10.1. The molecule has 1 aliphatic rings. The van der Waals surface area contributed by atoms with Gasteiger partial charge in [-0.3, -0.25) is 4.79 Å². The number of methoxy groups -OCH3 is 2. The van der Waals surface area contributed by atoms with Crippen molar-refractivity contribution in [1.82, 2.24) is 0 Å². The summed E-state index contributed by atoms with van der Waals surface area (Å²) in [5.41, 5.74) is 1.16. The van der Waals surface area contributed by atoms with Crippen LogP contribution in [-0.2, 0) is 0 Å². The minimum absolute atomic E-state index is 0.0830. The number of phenols is 1. The van der Waals surface area contributed by atoms with Crippen LogP contribution in [-0.4, -0.2) is 38.3 Å². The van der Waals surface area contributed by atoms with Crippen molar-refractivity contribution in [3.8, 4) is 28.7 Å². The van der Waals surface area contributed by atoms with Crippen molar-refractivity contribution >= 4 is 11.9 Å². The number of hydrogen-bond acceptors (Lipinski definition) is 6. The highest BCUT2D eigenvalue weighted by Crippen LogP contribution is 2.37. The van der Waals surface area contributed by atoms with E-state index in [1.54, 1.807) is 36.4 Å². The molecule has 0 bridgehead atoms. The van der Waals surface area contributed by atoms with Gasteiger partial charge in [0.1, 0.15) is 13.2 Å². The molecular formula is C19H18O6. The molecule has 3 rings (SSSR count). The second-order valence-corrected chi connectivity index (χ2v) is 5.33. The quantitative estimate of drug-likeness (QED) is 0.665. The number of fused-ring (bicyclic) bond motifs is 1. The first-order valence-corrected chi connectivity index (χ1v) is 7.69. The van der Waals surface area contributed by atoms with E-state index in [0.29, 0.717) is 35.8 Å². The zero-order valence-electron chi connectivity index (χ0n) is 13.9. The van der Waals surface area contributed by atoms with Gasteiger partial charge in [-0.25, -0.2) is 0 Å². The van der Waals surface area contributed by atoms with Gasteiger partial charge in [-0.05, 0) is 42.0 Å². The maximum Gasteiger partial charge on any atom is 0.200 e. The summed E-state index contributed by atoms with van der Waals surface area (Å²) in [7, 11) is 2.89. The molecule has 0 spiro atoms. The van der Waals surface area contributed by atoms with Crippen LogP contribution >= 0.6 is 0 Å². The summed E-state index contributed by atoms with van der Waals surface area (Å²) in [6.45, 7) is 0.971. The Morgan fingerprint density at radius 1 is 1.04 bits per heavy atom. The zero-order valence-corrected chi connectivity index (χ0v) is 13.9. The summed E-state index contributed by atoms with van der Waals surface area (Å²) in [6.07, 6.45) is 3.07. The SMILES string of the molecule is COc1cc(C=CC(=O)c2ccc3c(c2)OCCO3)cc(OC)c1O. The zero-order chi connectivity index (χ0) is 17.8. The van der Waals surface area contributed by atoms with Crippen LogP contribution in [0.25, 0.3) is 6.08 Å². The molecule has 25 heavy (non-hydrogen) atoms. The Morgan fingerprint density at radius 2 is 1.68 bits per heavy atom. The minimum atomic E-state index is -0.178. The summed E-state index contributed by atoms with van der Waals surface area (Å²) in [5, 5.41) is 9.91. The van der Waals surface area contributed by atoms with Crippen LogP contribution in [0.4, 0.5) is 0 Å². The highest BCUT2D eigenvalue weighted by molar-refractivity contribution is 6.07. The number of ether oxygens (including phenoxy) is 4. The van der Waals surface area contributed by atoms with Crippen LogP contribution in [0.1, 0.15) is 15.9 Å². The van der Waals surface area contributed by atoms with Gasteiger partial charge in [-0.2, -0.15) is 0 Å². The summed E-state index contributed by atoms with van der Waals surface area (Å²) in [4.78, 5) is 12.4. The molecule has 2 aromatic carbocycles. The fraction of sp³-hybridized carbons (Fsp3) is 0.211. The number of hydrogen-bond donors (Lipinski definition) is 1. The number of ketones is 1. The van der Waals surface area contributed by atoms with E-state index in [0.717, 1.165) is 0 Å². The van der Waals surface area contributed by atoms with Crippen LogP contribution in [0.15, 0.2) is 36.4 Å². The third-order valence-corrected chi connectivity index (χ3v) is 3.76. The molecule has 2 aromatic rings. The molecule has 0 saturated carbocycles. The average Bonchev–Trinajstić information content (AvgIpc) is 2.66. The molecule has 0 aromatic heterocycles. The van der Waals surface area contributed by atoms with Crippen LogP contribution in [0.3, 0.4) is 0 Å². The van der Waals surface area contributed by atoms with E-state index >= 15 is 0 Å². The number of phenolic OH excluding ortho intramolecular Hbond substituents is 1. The Morgan fingerprint density at radius 3 is 2.32 bits per heavy atom. The number of benzene rings is 2. The molecule has 0 fully saturated rings. The molecule has 0 aliphatic carbocycles. The lowest BCUT2D eigenvalue weighted by Crippen LogP contribution is -2.15. The standard InChI is InChI=1S/C19H18O6/c1-22-17-9-12(10-18(23-2)19(17)21)3-5-14(20)13-4-6-15-16(11-13)25-8-7-24-15/h3-6,9-11,21H,7-8H2,1-2H3. The molecule has 6 nitrogen and oxygen atoms in total. The number of carbonyl (C=O) groups is 1. The minimum Gasteiger partial charge on any atom is -0.502 e. The molecule has 1 N–H and O–H groups in total. The van der Waals surface area contributed by atoms with Crippen molar-refractivity contribution < 1.29 is 28.8 Å². The van der Waals surface area contributed by atoms with Gasteiger partial charge in [0.15, 0.2) is 28.8 Å². The third kappa shape index (κ3) is 3.52. The summed E-state index contributed by atoms with van der Waals surface area (Å²) >= 11 is 0. The van der Waals surface area contributed by atoms with E-state index in [4.69, 9.17) is 18.9 Å². The highest BCUT2D eigenvalue weighted by atomic mass is 16.6. The van der Waals surface area contributed by atoms with Crippen molar-refractivity contribution in [2.45, 2.75) is 0 Å². The summed E-state index contributed by atoms with van der Waals surface area (Å²) in [5.74, 6) is 1.48. The van der Waals surface area contributed by atoms with Crippen LogP contribution in [0, 0.1) is 0 Å². The predicted octanol–water partition coefficient (Wildman–Crippen LogP) is 3.08. The van der Waals surface area contributed by atoms with Crippen molar-refractivity contribution in [2.24, 2.45) is 0 Å². The monoisotopic (exact) mass is 342 g/mol. The molecule has 1 aliphatic heterocycles. The molecule has 0 saturated heterocycles. The van der Waals surface area contributed by atoms with E-state index in [1.807, 2.05) is 0 Å². The molecule has 130 valence electrons. The van der Waals surface area contributed by atoms with E-state index in [1.165, 1.54) is 20.3 Å². The Balaban J connectivity index is 1.83. The number of aromatic hydroxyl groups is 1.